The molecule has 1 aromatic rings. The molecule has 1 aliphatic carbocycles. The van der Waals surface area contributed by atoms with Gasteiger partial charge in [-0.25, -0.2) is 0 Å². The average molecular weight is 277 g/mol. The number of rotatable bonds is 5. The maximum Gasteiger partial charge on any atom is 0.260 e. The number of aliphatic hydroxyl groups excluding tert-OH is 1. The molecule has 4 heteroatoms. The third kappa shape index (κ3) is 3.12. The van der Waals surface area contributed by atoms with Crippen molar-refractivity contribution in [2.75, 3.05) is 19.7 Å². The molecule has 0 spiro atoms. The van der Waals surface area contributed by atoms with Crippen molar-refractivity contribution in [3.8, 4) is 5.75 Å². The molecule has 0 aliphatic heterocycles. The number of benzene rings is 1. The van der Waals surface area contributed by atoms with E-state index in [0.717, 1.165) is 36.1 Å². The van der Waals surface area contributed by atoms with Crippen LogP contribution in [0.3, 0.4) is 0 Å². The van der Waals surface area contributed by atoms with Gasteiger partial charge >= 0.3 is 0 Å². The Balaban J connectivity index is 2.07. The van der Waals surface area contributed by atoms with Crippen molar-refractivity contribution in [3.05, 3.63) is 29.3 Å². The van der Waals surface area contributed by atoms with Crippen molar-refractivity contribution in [2.45, 2.75) is 39.2 Å². The summed E-state index contributed by atoms with van der Waals surface area (Å²) < 4.78 is 5.70. The van der Waals surface area contributed by atoms with E-state index in [1.165, 1.54) is 0 Å². The van der Waals surface area contributed by atoms with E-state index in [1.807, 2.05) is 32.0 Å². The molecule has 1 atom stereocenters. The molecule has 4 nitrogen and oxygen atoms in total. The topological polar surface area (TPSA) is 49.8 Å². The van der Waals surface area contributed by atoms with Crippen LogP contribution in [0.2, 0.25) is 0 Å². The van der Waals surface area contributed by atoms with Crippen LogP contribution in [0.4, 0.5) is 0 Å². The highest BCUT2D eigenvalue weighted by atomic mass is 16.5. The third-order valence-electron chi connectivity index (χ3n) is 3.90. The van der Waals surface area contributed by atoms with Gasteiger partial charge in [-0.1, -0.05) is 12.1 Å². The van der Waals surface area contributed by atoms with Crippen molar-refractivity contribution < 1.29 is 14.6 Å². The number of fused-ring (bicyclic) bond motifs is 1. The van der Waals surface area contributed by atoms with Crippen molar-refractivity contribution in [3.63, 3.8) is 0 Å². The first-order valence-electron chi connectivity index (χ1n) is 7.37. The molecule has 1 aromatic carbocycles. The van der Waals surface area contributed by atoms with Crippen LogP contribution in [0.15, 0.2) is 18.2 Å². The SMILES string of the molecule is CCN(CC)C(=O)COc1cccc2c1CCCC2O. The lowest BCUT2D eigenvalue weighted by atomic mass is 9.89. The van der Waals surface area contributed by atoms with E-state index in [0.29, 0.717) is 13.1 Å². The van der Waals surface area contributed by atoms with Gasteiger partial charge in [0.05, 0.1) is 6.10 Å². The van der Waals surface area contributed by atoms with E-state index in [9.17, 15) is 9.90 Å². The standard InChI is InChI=1S/C16H23NO3/c1-3-17(4-2)16(19)11-20-15-10-6-7-12-13(15)8-5-9-14(12)18/h6-7,10,14,18H,3-5,8-9,11H2,1-2H3. The molecule has 0 bridgehead atoms. The molecule has 1 amide bonds. The predicted octanol–water partition coefficient (Wildman–Crippen LogP) is 2.30. The van der Waals surface area contributed by atoms with Gasteiger partial charge in [0.15, 0.2) is 6.61 Å². The van der Waals surface area contributed by atoms with Crippen LogP contribution >= 0.6 is 0 Å². The highest BCUT2D eigenvalue weighted by Gasteiger charge is 2.21. The molecule has 0 heterocycles. The summed E-state index contributed by atoms with van der Waals surface area (Å²) in [6.45, 7) is 5.38. The normalized spacial score (nSPS) is 17.4. The summed E-state index contributed by atoms with van der Waals surface area (Å²) >= 11 is 0. The van der Waals surface area contributed by atoms with Crippen LogP contribution < -0.4 is 4.74 Å². The smallest absolute Gasteiger partial charge is 0.260 e. The lowest BCUT2D eigenvalue weighted by molar-refractivity contribution is -0.132. The van der Waals surface area contributed by atoms with E-state index < -0.39 is 6.10 Å². The Bertz CT molecular complexity index is 469. The number of carbonyl (C=O) groups excluding carboxylic acids is 1. The highest BCUT2D eigenvalue weighted by Crippen LogP contribution is 2.35. The van der Waals surface area contributed by atoms with Gasteiger partial charge in [-0.2, -0.15) is 0 Å². The van der Waals surface area contributed by atoms with E-state index in [1.54, 1.807) is 4.90 Å². The molecule has 0 saturated heterocycles. The van der Waals surface area contributed by atoms with Crippen LogP contribution in [-0.2, 0) is 11.2 Å². The minimum absolute atomic E-state index is 0.00367. The monoisotopic (exact) mass is 277 g/mol. The summed E-state index contributed by atoms with van der Waals surface area (Å²) in [5.41, 5.74) is 2.00. The van der Waals surface area contributed by atoms with Gasteiger partial charge in [0.25, 0.3) is 5.91 Å². The summed E-state index contributed by atoms with van der Waals surface area (Å²) in [5, 5.41) is 10.00. The Labute approximate surface area is 120 Å². The Morgan fingerprint density at radius 3 is 2.85 bits per heavy atom. The highest BCUT2D eigenvalue weighted by molar-refractivity contribution is 5.77. The van der Waals surface area contributed by atoms with Crippen molar-refractivity contribution in [2.24, 2.45) is 0 Å². The lowest BCUT2D eigenvalue weighted by Gasteiger charge is -2.24. The largest absolute Gasteiger partial charge is 0.483 e. The Kier molecular flexibility index (Phi) is 5.01. The first kappa shape index (κ1) is 14.9. The quantitative estimate of drug-likeness (QED) is 0.898. The number of amides is 1. The Morgan fingerprint density at radius 2 is 2.15 bits per heavy atom. The number of aliphatic hydroxyl groups is 1. The molecule has 110 valence electrons. The average Bonchev–Trinajstić information content (AvgIpc) is 2.47. The van der Waals surface area contributed by atoms with E-state index in [-0.39, 0.29) is 12.5 Å². The van der Waals surface area contributed by atoms with Gasteiger partial charge in [-0.05, 0) is 50.3 Å². The first-order valence-corrected chi connectivity index (χ1v) is 7.37. The Morgan fingerprint density at radius 1 is 1.40 bits per heavy atom. The fourth-order valence-electron chi connectivity index (χ4n) is 2.73. The van der Waals surface area contributed by atoms with Gasteiger partial charge in [-0.3, -0.25) is 4.79 Å². The van der Waals surface area contributed by atoms with Crippen molar-refractivity contribution in [1.29, 1.82) is 0 Å². The second-order valence-corrected chi connectivity index (χ2v) is 5.09. The number of hydrogen-bond donors (Lipinski definition) is 1. The van der Waals surface area contributed by atoms with E-state index in [2.05, 4.69) is 0 Å². The molecule has 1 N–H and O–H groups in total. The number of carbonyl (C=O) groups is 1. The molecular weight excluding hydrogens is 254 g/mol. The zero-order chi connectivity index (χ0) is 14.5. The summed E-state index contributed by atoms with van der Waals surface area (Å²) in [6.07, 6.45) is 2.26. The van der Waals surface area contributed by atoms with Crippen molar-refractivity contribution in [1.82, 2.24) is 4.90 Å². The fourth-order valence-corrected chi connectivity index (χ4v) is 2.73. The molecule has 1 aliphatic rings. The third-order valence-corrected chi connectivity index (χ3v) is 3.90. The Hall–Kier alpha value is -1.55. The minimum atomic E-state index is -0.402. The zero-order valence-corrected chi connectivity index (χ0v) is 12.3. The maximum absolute atomic E-state index is 12.0. The summed E-state index contributed by atoms with van der Waals surface area (Å²) in [5.74, 6) is 0.741. The van der Waals surface area contributed by atoms with Gasteiger partial charge in [0.2, 0.25) is 0 Å². The summed E-state index contributed by atoms with van der Waals surface area (Å²) in [7, 11) is 0. The van der Waals surface area contributed by atoms with Gasteiger partial charge in [0, 0.05) is 13.1 Å². The number of likely N-dealkylation sites (N-methyl/N-ethyl adjacent to an activating group) is 1. The molecule has 1 unspecified atom stereocenters. The molecule has 0 aromatic heterocycles. The van der Waals surface area contributed by atoms with E-state index >= 15 is 0 Å². The lowest BCUT2D eigenvalue weighted by Crippen LogP contribution is -2.34. The van der Waals surface area contributed by atoms with Crippen molar-refractivity contribution >= 4 is 5.91 Å². The van der Waals surface area contributed by atoms with Gasteiger partial charge in [-0.15, -0.1) is 0 Å². The van der Waals surface area contributed by atoms with Crippen LogP contribution in [0.25, 0.3) is 0 Å². The van der Waals surface area contributed by atoms with Crippen LogP contribution in [0, 0.1) is 0 Å². The zero-order valence-electron chi connectivity index (χ0n) is 12.3. The molecular formula is C16H23NO3. The molecule has 0 fully saturated rings. The summed E-state index contributed by atoms with van der Waals surface area (Å²) in [4.78, 5) is 13.7. The maximum atomic E-state index is 12.0. The fraction of sp³-hybridized carbons (Fsp3) is 0.562. The molecule has 2 rings (SSSR count). The molecule has 0 saturated carbocycles. The molecule has 20 heavy (non-hydrogen) atoms. The van der Waals surface area contributed by atoms with Crippen LogP contribution in [0.1, 0.15) is 43.9 Å². The predicted molar refractivity (Wildman–Crippen MR) is 77.8 cm³/mol. The second kappa shape index (κ2) is 6.75. The summed E-state index contributed by atoms with van der Waals surface area (Å²) in [6, 6.07) is 5.70. The molecule has 0 radical (unpaired) electrons. The van der Waals surface area contributed by atoms with Gasteiger partial charge < -0.3 is 14.7 Å². The number of hydrogen-bond acceptors (Lipinski definition) is 3. The number of ether oxygens (including phenoxy) is 1. The minimum Gasteiger partial charge on any atom is -0.483 e. The van der Waals surface area contributed by atoms with Crippen LogP contribution in [-0.4, -0.2) is 35.6 Å². The number of nitrogens with zero attached hydrogens (tertiary/aromatic N) is 1. The van der Waals surface area contributed by atoms with E-state index in [4.69, 9.17) is 4.74 Å². The van der Waals surface area contributed by atoms with Crippen LogP contribution in [0.5, 0.6) is 5.75 Å². The first-order chi connectivity index (χ1) is 9.67. The second-order valence-electron chi connectivity index (χ2n) is 5.09. The van der Waals surface area contributed by atoms with Gasteiger partial charge in [0.1, 0.15) is 5.75 Å².